The van der Waals surface area contributed by atoms with Crippen LogP contribution in [0.5, 0.6) is 0 Å². The molecule has 0 atom stereocenters. The Balaban J connectivity index is 1.60. The van der Waals surface area contributed by atoms with Gasteiger partial charge >= 0.3 is 0 Å². The zero-order valence-corrected chi connectivity index (χ0v) is 15.1. The molecule has 134 valence electrons. The maximum Gasteiger partial charge on any atom is 0.223 e. The first-order chi connectivity index (χ1) is 12.7. The predicted molar refractivity (Wildman–Crippen MR) is 104 cm³/mol. The zero-order valence-electron chi connectivity index (χ0n) is 15.1. The molecule has 1 aromatic carbocycles. The maximum atomic E-state index is 4.68. The van der Waals surface area contributed by atoms with Crippen LogP contribution >= 0.6 is 0 Å². The summed E-state index contributed by atoms with van der Waals surface area (Å²) in [5.74, 6) is 1.32. The first kappa shape index (κ1) is 16.7. The van der Waals surface area contributed by atoms with Gasteiger partial charge in [0.05, 0.1) is 6.20 Å². The van der Waals surface area contributed by atoms with E-state index < -0.39 is 0 Å². The van der Waals surface area contributed by atoms with E-state index in [4.69, 9.17) is 0 Å². The van der Waals surface area contributed by atoms with Crippen LogP contribution in [0.4, 0.5) is 17.5 Å². The predicted octanol–water partition coefficient (Wildman–Crippen LogP) is 2.98. The molecule has 0 saturated carbocycles. The summed E-state index contributed by atoms with van der Waals surface area (Å²) in [6, 6.07) is 8.58. The van der Waals surface area contributed by atoms with Crippen molar-refractivity contribution < 1.29 is 0 Å². The first-order valence-electron chi connectivity index (χ1n) is 8.94. The number of rotatable bonds is 4. The van der Waals surface area contributed by atoms with Crippen LogP contribution in [-0.2, 0) is 0 Å². The van der Waals surface area contributed by atoms with Crippen molar-refractivity contribution in [2.24, 2.45) is 0 Å². The number of hydrogen-bond acceptors (Lipinski definition) is 7. The lowest BCUT2D eigenvalue weighted by molar-refractivity contribution is 0.263. The first-order valence-corrected chi connectivity index (χ1v) is 8.94. The molecule has 0 aliphatic carbocycles. The van der Waals surface area contributed by atoms with Gasteiger partial charge in [0.25, 0.3) is 0 Å². The van der Waals surface area contributed by atoms with Crippen molar-refractivity contribution in [1.82, 2.24) is 24.8 Å². The normalized spacial score (nSPS) is 15.9. The molecule has 0 unspecified atom stereocenters. The molecule has 7 nitrogen and oxygen atoms in total. The van der Waals surface area contributed by atoms with Gasteiger partial charge in [0.1, 0.15) is 17.4 Å². The lowest BCUT2D eigenvalue weighted by Crippen LogP contribution is -2.37. The van der Waals surface area contributed by atoms with Crippen molar-refractivity contribution in [3.05, 3.63) is 42.4 Å². The Morgan fingerprint density at radius 3 is 2.77 bits per heavy atom. The molecule has 1 saturated heterocycles. The fraction of sp³-hybridized carbons (Fsp3) is 0.368. The lowest BCUT2D eigenvalue weighted by atomic mass is 10.1. The molecule has 7 heteroatoms. The van der Waals surface area contributed by atoms with E-state index in [0.717, 1.165) is 42.7 Å². The minimum atomic E-state index is 0.404. The molecule has 26 heavy (non-hydrogen) atoms. The second-order valence-electron chi connectivity index (χ2n) is 6.87. The third-order valence-electron chi connectivity index (χ3n) is 4.71. The van der Waals surface area contributed by atoms with Crippen LogP contribution in [0.1, 0.15) is 18.4 Å². The van der Waals surface area contributed by atoms with Crippen LogP contribution in [0.3, 0.4) is 0 Å². The van der Waals surface area contributed by atoms with Crippen molar-refractivity contribution in [2.75, 3.05) is 30.8 Å². The Bertz CT molecular complexity index is 903. The summed E-state index contributed by atoms with van der Waals surface area (Å²) in [4.78, 5) is 20.1. The molecule has 0 bridgehead atoms. The van der Waals surface area contributed by atoms with Gasteiger partial charge in [-0.2, -0.15) is 0 Å². The van der Waals surface area contributed by atoms with Crippen molar-refractivity contribution in [1.29, 1.82) is 0 Å². The van der Waals surface area contributed by atoms with Gasteiger partial charge < -0.3 is 15.5 Å². The van der Waals surface area contributed by atoms with Gasteiger partial charge in [0, 0.05) is 11.7 Å². The number of hydrogen-bond donors (Lipinski definition) is 2. The number of nitrogens with zero attached hydrogens (tertiary/aromatic N) is 5. The molecule has 3 heterocycles. The van der Waals surface area contributed by atoms with Crippen LogP contribution in [0.15, 0.2) is 36.8 Å². The van der Waals surface area contributed by atoms with E-state index in [-0.39, 0.29) is 0 Å². The lowest BCUT2D eigenvalue weighted by Gasteiger charge is -2.29. The van der Waals surface area contributed by atoms with Crippen molar-refractivity contribution in [2.45, 2.75) is 25.8 Å². The molecule has 0 radical (unpaired) electrons. The number of likely N-dealkylation sites (tertiary alicyclic amines) is 1. The number of fused-ring (bicyclic) bond motifs is 1. The van der Waals surface area contributed by atoms with Crippen LogP contribution in [0.25, 0.3) is 11.0 Å². The van der Waals surface area contributed by atoms with E-state index in [2.05, 4.69) is 61.6 Å². The molecule has 1 fully saturated rings. The number of aryl methyl sites for hydroxylation is 1. The minimum absolute atomic E-state index is 0.404. The molecule has 3 aromatic rings. The van der Waals surface area contributed by atoms with Gasteiger partial charge in [0.15, 0.2) is 5.82 Å². The summed E-state index contributed by atoms with van der Waals surface area (Å²) >= 11 is 0. The molecule has 0 amide bonds. The third kappa shape index (κ3) is 3.72. The van der Waals surface area contributed by atoms with Gasteiger partial charge in [0.2, 0.25) is 5.95 Å². The van der Waals surface area contributed by atoms with Crippen molar-refractivity contribution in [3.8, 4) is 0 Å². The quantitative estimate of drug-likeness (QED) is 0.749. The van der Waals surface area contributed by atoms with Crippen molar-refractivity contribution in [3.63, 3.8) is 0 Å². The molecule has 1 aliphatic heterocycles. The van der Waals surface area contributed by atoms with Gasteiger partial charge in [-0.05, 0) is 57.6 Å². The summed E-state index contributed by atoms with van der Waals surface area (Å²) in [5, 5.41) is 6.81. The van der Waals surface area contributed by atoms with Gasteiger partial charge in [-0.25, -0.2) is 19.9 Å². The second kappa shape index (κ2) is 7.21. The highest BCUT2D eigenvalue weighted by Crippen LogP contribution is 2.23. The molecule has 2 aromatic heterocycles. The van der Waals surface area contributed by atoms with E-state index >= 15 is 0 Å². The Morgan fingerprint density at radius 1 is 1.12 bits per heavy atom. The van der Waals surface area contributed by atoms with E-state index in [0.29, 0.717) is 17.8 Å². The highest BCUT2D eigenvalue weighted by atomic mass is 15.2. The molecular formula is C19H23N7. The van der Waals surface area contributed by atoms with Crippen LogP contribution in [0, 0.1) is 6.92 Å². The smallest absolute Gasteiger partial charge is 0.223 e. The number of nitrogens with one attached hydrogen (secondary N) is 2. The summed E-state index contributed by atoms with van der Waals surface area (Å²) in [6.45, 7) is 4.25. The summed E-state index contributed by atoms with van der Waals surface area (Å²) in [7, 11) is 2.16. The number of benzene rings is 1. The topological polar surface area (TPSA) is 78.9 Å². The SMILES string of the molecule is Cc1cccc(Nc2ncnc3cnc(NC4CCN(C)CC4)nc23)c1. The van der Waals surface area contributed by atoms with E-state index in [9.17, 15) is 0 Å². The molecule has 0 spiro atoms. The summed E-state index contributed by atoms with van der Waals surface area (Å²) in [5.41, 5.74) is 3.62. The fourth-order valence-corrected chi connectivity index (χ4v) is 3.21. The molecule has 4 rings (SSSR count). The Kier molecular flexibility index (Phi) is 4.62. The van der Waals surface area contributed by atoms with Gasteiger partial charge in [-0.1, -0.05) is 12.1 Å². The molecule has 1 aliphatic rings. The van der Waals surface area contributed by atoms with Gasteiger partial charge in [-0.3, -0.25) is 0 Å². The summed E-state index contributed by atoms with van der Waals surface area (Å²) in [6.07, 6.45) is 5.48. The average Bonchev–Trinajstić information content (AvgIpc) is 2.64. The van der Waals surface area contributed by atoms with E-state index in [1.54, 1.807) is 6.20 Å². The van der Waals surface area contributed by atoms with E-state index in [1.807, 2.05) is 12.1 Å². The number of piperidine rings is 1. The van der Waals surface area contributed by atoms with Crippen LogP contribution < -0.4 is 10.6 Å². The number of aromatic nitrogens is 4. The highest BCUT2D eigenvalue weighted by Gasteiger charge is 2.17. The van der Waals surface area contributed by atoms with Crippen molar-refractivity contribution >= 4 is 28.5 Å². The minimum Gasteiger partial charge on any atom is -0.351 e. The monoisotopic (exact) mass is 349 g/mol. The maximum absolute atomic E-state index is 4.68. The molecular weight excluding hydrogens is 326 g/mol. The highest BCUT2D eigenvalue weighted by molar-refractivity contribution is 5.87. The zero-order chi connectivity index (χ0) is 17.9. The third-order valence-corrected chi connectivity index (χ3v) is 4.71. The fourth-order valence-electron chi connectivity index (χ4n) is 3.21. The second-order valence-corrected chi connectivity index (χ2v) is 6.87. The largest absolute Gasteiger partial charge is 0.351 e. The standard InChI is InChI=1S/C19H23N7/c1-13-4-3-5-15(10-13)23-18-17-16(21-12-22-18)11-20-19(25-17)24-14-6-8-26(2)9-7-14/h3-5,10-12,14H,6-9H2,1-2H3,(H,20,24,25)(H,21,22,23). The Hall–Kier alpha value is -2.80. The Morgan fingerprint density at radius 2 is 1.96 bits per heavy atom. The number of anilines is 3. The average molecular weight is 349 g/mol. The van der Waals surface area contributed by atoms with Gasteiger partial charge in [-0.15, -0.1) is 0 Å². The molecule has 2 N–H and O–H groups in total. The Labute approximate surface area is 152 Å². The van der Waals surface area contributed by atoms with Crippen LogP contribution in [0.2, 0.25) is 0 Å². The van der Waals surface area contributed by atoms with E-state index in [1.165, 1.54) is 11.9 Å². The summed E-state index contributed by atoms with van der Waals surface area (Å²) < 4.78 is 0. The van der Waals surface area contributed by atoms with Crippen LogP contribution in [-0.4, -0.2) is 51.0 Å².